The monoisotopic (exact) mass is 480 g/mol. The minimum absolute atomic E-state index is 0.0396. The van der Waals surface area contributed by atoms with Gasteiger partial charge in [-0.3, -0.25) is 9.09 Å². The van der Waals surface area contributed by atoms with Gasteiger partial charge in [-0.05, 0) is 6.92 Å². The van der Waals surface area contributed by atoms with Gasteiger partial charge in [-0.25, -0.2) is 18.5 Å². The lowest BCUT2D eigenvalue weighted by Gasteiger charge is -2.19. The van der Waals surface area contributed by atoms with E-state index in [-0.39, 0.29) is 12.2 Å². The fraction of sp³-hybridized carbons (Fsp3) is 0.600. The quantitative estimate of drug-likeness (QED) is 0.246. The number of nitrogens with zero attached hydrogens (tertiary/aromatic N) is 2. The summed E-state index contributed by atoms with van der Waals surface area (Å²) in [6.07, 6.45) is -0.448. The minimum atomic E-state index is -5.63. The molecule has 0 radical (unpaired) electrons. The normalized spacial score (nSPS) is 26.8. The summed E-state index contributed by atoms with van der Waals surface area (Å²) in [4.78, 5) is 51.1. The lowest BCUT2D eigenvalue weighted by Crippen LogP contribution is -2.33. The van der Waals surface area contributed by atoms with Crippen molar-refractivity contribution in [3.05, 3.63) is 22.2 Å². The lowest BCUT2D eigenvalue weighted by atomic mass is 10.1. The van der Waals surface area contributed by atoms with Crippen molar-refractivity contribution in [3.8, 4) is 0 Å². The standard InChI is InChI=1S/C10H19N4O12P3/c1-5-3-14(10(15)13-9(5)12)8-2-6(11)7(24-8)4-23-28(19,20)26-29(21,22)25-27(16,17)18/h3,6-8H,2,4,11H2,1H3,(H,19,20)(H,21,22)(H2,12,13,15)(H2,16,17,18)/t6-,7+,8+/m0/s1. The number of rotatable bonds is 8. The second-order valence-electron chi connectivity index (χ2n) is 5.91. The van der Waals surface area contributed by atoms with Gasteiger partial charge in [0.1, 0.15) is 12.0 Å². The number of aromatic nitrogens is 2. The third kappa shape index (κ3) is 7.03. The van der Waals surface area contributed by atoms with E-state index >= 15 is 0 Å². The molecule has 8 N–H and O–H groups in total. The minimum Gasteiger partial charge on any atom is -0.383 e. The van der Waals surface area contributed by atoms with Crippen LogP contribution in [0.4, 0.5) is 5.82 Å². The molecule has 29 heavy (non-hydrogen) atoms. The summed E-state index contributed by atoms with van der Waals surface area (Å²) in [5.41, 5.74) is 11.2. The van der Waals surface area contributed by atoms with Crippen molar-refractivity contribution >= 4 is 29.3 Å². The van der Waals surface area contributed by atoms with E-state index in [0.29, 0.717) is 5.56 Å². The highest BCUT2D eigenvalue weighted by Gasteiger charge is 2.42. The van der Waals surface area contributed by atoms with Crippen LogP contribution in [0.5, 0.6) is 0 Å². The molecule has 0 aromatic carbocycles. The van der Waals surface area contributed by atoms with Gasteiger partial charge in [0.05, 0.1) is 12.7 Å². The Hall–Kier alpha value is -0.990. The van der Waals surface area contributed by atoms with Crippen molar-refractivity contribution in [1.29, 1.82) is 0 Å². The number of hydrogen-bond acceptors (Lipinski definition) is 11. The maximum absolute atomic E-state index is 12.0. The van der Waals surface area contributed by atoms with Gasteiger partial charge in [0.15, 0.2) is 0 Å². The van der Waals surface area contributed by atoms with Crippen molar-refractivity contribution in [2.45, 2.75) is 31.7 Å². The topological polar surface area (TPSA) is 256 Å². The van der Waals surface area contributed by atoms with Crippen LogP contribution in [0.3, 0.4) is 0 Å². The molecule has 1 aliphatic rings. The average Bonchev–Trinajstić information content (AvgIpc) is 2.86. The molecular weight excluding hydrogens is 461 g/mol. The zero-order valence-corrected chi connectivity index (χ0v) is 17.4. The first-order valence-corrected chi connectivity index (χ1v) is 12.2. The number of anilines is 1. The molecule has 1 aliphatic heterocycles. The van der Waals surface area contributed by atoms with Gasteiger partial charge in [0, 0.05) is 24.2 Å². The SMILES string of the molecule is Cc1cn([C@H]2C[C@H](N)[C@@H](COP(=O)(O)OP(=O)(O)OP(=O)(O)O)O2)c(=O)nc1N. The van der Waals surface area contributed by atoms with Crippen LogP contribution in [0, 0.1) is 6.92 Å². The Morgan fingerprint density at radius 1 is 1.24 bits per heavy atom. The Morgan fingerprint density at radius 2 is 1.86 bits per heavy atom. The summed E-state index contributed by atoms with van der Waals surface area (Å²) in [6.45, 7) is 0.886. The van der Waals surface area contributed by atoms with Crippen molar-refractivity contribution in [1.82, 2.24) is 9.55 Å². The number of phosphoric acid groups is 3. The van der Waals surface area contributed by atoms with Crippen LogP contribution in [0.2, 0.25) is 0 Å². The summed E-state index contributed by atoms with van der Waals surface area (Å²) >= 11 is 0. The number of phosphoric ester groups is 1. The Bertz CT molecular complexity index is 962. The van der Waals surface area contributed by atoms with Crippen molar-refractivity contribution < 1.29 is 51.2 Å². The number of ether oxygens (including phenoxy) is 1. The zero-order chi connectivity index (χ0) is 22.2. The Kier molecular flexibility index (Phi) is 7.23. The summed E-state index contributed by atoms with van der Waals surface area (Å²) in [5, 5.41) is 0. The van der Waals surface area contributed by atoms with Gasteiger partial charge < -0.3 is 35.8 Å². The molecule has 0 aliphatic carbocycles. The van der Waals surface area contributed by atoms with Gasteiger partial charge in [-0.15, -0.1) is 0 Å². The first kappa shape index (κ1) is 24.3. The molecule has 0 amide bonds. The molecule has 16 nitrogen and oxygen atoms in total. The molecule has 2 rings (SSSR count). The van der Waals surface area contributed by atoms with E-state index < -0.39 is 54.1 Å². The second kappa shape index (κ2) is 8.63. The molecule has 1 aromatic heterocycles. The highest BCUT2D eigenvalue weighted by atomic mass is 31.3. The summed E-state index contributed by atoms with van der Waals surface area (Å²) in [5.74, 6) is 0.0396. The smallest absolute Gasteiger partial charge is 0.383 e. The second-order valence-corrected chi connectivity index (χ2v) is 10.3. The predicted molar refractivity (Wildman–Crippen MR) is 94.0 cm³/mol. The molecule has 0 spiro atoms. The lowest BCUT2D eigenvalue weighted by molar-refractivity contribution is -0.0267. The molecule has 19 heteroatoms. The molecule has 0 saturated carbocycles. The fourth-order valence-electron chi connectivity index (χ4n) is 2.34. The summed E-state index contributed by atoms with van der Waals surface area (Å²) in [6, 6.07) is -0.781. The number of aryl methyl sites for hydroxylation is 1. The molecule has 0 bridgehead atoms. The molecule has 5 atom stereocenters. The van der Waals surface area contributed by atoms with Crippen LogP contribution in [0.1, 0.15) is 18.2 Å². The zero-order valence-electron chi connectivity index (χ0n) is 14.7. The van der Waals surface area contributed by atoms with Crippen LogP contribution in [0.25, 0.3) is 0 Å². The third-order valence-electron chi connectivity index (χ3n) is 3.59. The maximum atomic E-state index is 12.0. The van der Waals surface area contributed by atoms with E-state index in [0.717, 1.165) is 4.57 Å². The van der Waals surface area contributed by atoms with Gasteiger partial charge in [0.25, 0.3) is 0 Å². The van der Waals surface area contributed by atoms with Crippen LogP contribution in [0.15, 0.2) is 11.0 Å². The van der Waals surface area contributed by atoms with E-state index in [1.54, 1.807) is 6.92 Å². The molecule has 2 unspecified atom stereocenters. The maximum Gasteiger partial charge on any atom is 0.490 e. The van der Waals surface area contributed by atoms with Gasteiger partial charge in [-0.1, -0.05) is 0 Å². The largest absolute Gasteiger partial charge is 0.490 e. The highest BCUT2D eigenvalue weighted by molar-refractivity contribution is 7.66. The van der Waals surface area contributed by atoms with Gasteiger partial charge >= 0.3 is 29.2 Å². The molecule has 1 saturated heterocycles. The molecule has 166 valence electrons. The summed E-state index contributed by atoms with van der Waals surface area (Å²) < 4.78 is 51.9. The van der Waals surface area contributed by atoms with Crippen molar-refractivity contribution in [2.75, 3.05) is 12.3 Å². The number of hydrogen-bond donors (Lipinski definition) is 6. The molecule has 2 heterocycles. The Morgan fingerprint density at radius 3 is 2.45 bits per heavy atom. The van der Waals surface area contributed by atoms with Crippen LogP contribution in [-0.2, 0) is 31.6 Å². The Labute approximate surface area is 162 Å². The number of nitrogen functional groups attached to an aromatic ring is 1. The van der Waals surface area contributed by atoms with Crippen molar-refractivity contribution in [2.24, 2.45) is 5.73 Å². The predicted octanol–water partition coefficient (Wildman–Crippen LogP) is -0.908. The molecular formula is C10H19N4O12P3. The van der Waals surface area contributed by atoms with E-state index in [9.17, 15) is 23.4 Å². The van der Waals surface area contributed by atoms with Gasteiger partial charge in [0.2, 0.25) is 0 Å². The molecule has 1 aromatic rings. The van der Waals surface area contributed by atoms with Crippen LogP contribution < -0.4 is 17.2 Å². The van der Waals surface area contributed by atoms with Crippen LogP contribution >= 0.6 is 23.5 Å². The third-order valence-corrected chi connectivity index (χ3v) is 7.39. The first-order chi connectivity index (χ1) is 13.1. The fourth-order valence-corrected chi connectivity index (χ4v) is 5.37. The van der Waals surface area contributed by atoms with Crippen LogP contribution in [-0.4, -0.2) is 47.9 Å². The van der Waals surface area contributed by atoms with E-state index in [4.69, 9.17) is 30.9 Å². The molecule has 1 fully saturated rings. The summed E-state index contributed by atoms with van der Waals surface area (Å²) in [7, 11) is -16.4. The van der Waals surface area contributed by atoms with Crippen molar-refractivity contribution in [3.63, 3.8) is 0 Å². The van der Waals surface area contributed by atoms with E-state index in [1.165, 1.54) is 6.20 Å². The number of nitrogens with two attached hydrogens (primary N) is 2. The Balaban J connectivity index is 2.02. The van der Waals surface area contributed by atoms with E-state index in [1.807, 2.05) is 0 Å². The van der Waals surface area contributed by atoms with Gasteiger partial charge in [-0.2, -0.15) is 13.6 Å². The highest BCUT2D eigenvalue weighted by Crippen LogP contribution is 2.66. The average molecular weight is 480 g/mol. The first-order valence-electron chi connectivity index (χ1n) is 7.63. The van der Waals surface area contributed by atoms with E-state index in [2.05, 4.69) is 18.1 Å².